The average Bonchev–Trinajstić information content (AvgIpc) is 3.12. The zero-order chi connectivity index (χ0) is 18.7. The van der Waals surface area contributed by atoms with Gasteiger partial charge in [-0.05, 0) is 51.7 Å². The van der Waals surface area contributed by atoms with E-state index in [9.17, 15) is 14.4 Å². The van der Waals surface area contributed by atoms with Gasteiger partial charge in [0.2, 0.25) is 0 Å². The Bertz CT molecular complexity index is 852. The number of hydrogen-bond donors (Lipinski definition) is 2. The molecule has 1 unspecified atom stereocenters. The van der Waals surface area contributed by atoms with Crippen molar-refractivity contribution in [1.29, 1.82) is 0 Å². The van der Waals surface area contributed by atoms with Crippen LogP contribution in [0.1, 0.15) is 50.9 Å². The molecule has 1 aliphatic carbocycles. The Balaban J connectivity index is 1.75. The molecule has 0 saturated heterocycles. The second-order valence-electron chi connectivity index (χ2n) is 6.86. The van der Waals surface area contributed by atoms with Crippen LogP contribution in [0.15, 0.2) is 33.7 Å². The molecule has 0 fully saturated rings. The Morgan fingerprint density at radius 3 is 2.85 bits per heavy atom. The molecule has 26 heavy (non-hydrogen) atoms. The molecule has 0 spiro atoms. The molecule has 3 rings (SSSR count). The van der Waals surface area contributed by atoms with E-state index in [0.717, 1.165) is 18.7 Å². The van der Waals surface area contributed by atoms with Gasteiger partial charge in [-0.15, -0.1) is 0 Å². The van der Waals surface area contributed by atoms with Gasteiger partial charge in [0, 0.05) is 30.1 Å². The molecule has 7 heteroatoms. The van der Waals surface area contributed by atoms with Crippen LogP contribution in [0.2, 0.25) is 0 Å². The van der Waals surface area contributed by atoms with Crippen molar-refractivity contribution in [3.8, 4) is 0 Å². The second-order valence-corrected chi connectivity index (χ2v) is 6.86. The number of aromatic nitrogens is 1. The van der Waals surface area contributed by atoms with Crippen LogP contribution in [0.3, 0.4) is 0 Å². The number of furan rings is 1. The molecule has 1 amide bonds. The summed E-state index contributed by atoms with van der Waals surface area (Å²) >= 11 is 0. The number of H-pyrrole nitrogens is 1. The molecule has 2 aromatic heterocycles. The third kappa shape index (κ3) is 3.94. The first kappa shape index (κ1) is 18.1. The van der Waals surface area contributed by atoms with E-state index in [0.29, 0.717) is 30.6 Å². The van der Waals surface area contributed by atoms with E-state index in [1.807, 2.05) is 25.1 Å². The van der Waals surface area contributed by atoms with Crippen LogP contribution in [0.4, 0.5) is 0 Å². The number of nitrogens with one attached hydrogen (secondary N) is 2. The molecule has 0 bridgehead atoms. The standard InChI is InChI=1S/C19H23N3O4/c1-22(2)7-4-6-20-18(24)14-11-13-15(21-19(14)25)9-12(10-16(13)23)17-5-3-8-26-17/h3,5,8,11-12H,4,6-7,9-10H2,1-2H3,(H,20,24)(H,21,25). The number of pyridine rings is 1. The maximum Gasteiger partial charge on any atom is 0.261 e. The average molecular weight is 357 g/mol. The van der Waals surface area contributed by atoms with Gasteiger partial charge in [-0.2, -0.15) is 0 Å². The Kier molecular flexibility index (Phi) is 5.37. The van der Waals surface area contributed by atoms with Crippen LogP contribution in [0, 0.1) is 0 Å². The highest BCUT2D eigenvalue weighted by atomic mass is 16.3. The first-order valence-corrected chi connectivity index (χ1v) is 8.71. The first-order valence-electron chi connectivity index (χ1n) is 8.71. The summed E-state index contributed by atoms with van der Waals surface area (Å²) in [5, 5.41) is 2.74. The molecule has 0 aromatic carbocycles. The third-order valence-electron chi connectivity index (χ3n) is 4.56. The molecule has 138 valence electrons. The lowest BCUT2D eigenvalue weighted by Crippen LogP contribution is -2.33. The number of fused-ring (bicyclic) bond motifs is 1. The zero-order valence-electron chi connectivity index (χ0n) is 15.0. The Labute approximate surface area is 151 Å². The lowest BCUT2D eigenvalue weighted by molar-refractivity contribution is 0.0950. The Morgan fingerprint density at radius 1 is 1.35 bits per heavy atom. The summed E-state index contributed by atoms with van der Waals surface area (Å²) in [6, 6.07) is 5.04. The van der Waals surface area contributed by atoms with E-state index >= 15 is 0 Å². The number of amides is 1. The number of carbonyl (C=O) groups is 2. The summed E-state index contributed by atoms with van der Waals surface area (Å²) in [5.74, 6) is 0.0956. The van der Waals surface area contributed by atoms with Gasteiger partial charge in [0.1, 0.15) is 11.3 Å². The summed E-state index contributed by atoms with van der Waals surface area (Å²) in [6.07, 6.45) is 3.16. The predicted molar refractivity (Wildman–Crippen MR) is 96.7 cm³/mol. The van der Waals surface area contributed by atoms with Crippen LogP contribution >= 0.6 is 0 Å². The first-order chi connectivity index (χ1) is 12.5. The van der Waals surface area contributed by atoms with E-state index in [-0.39, 0.29) is 17.3 Å². The number of carbonyl (C=O) groups excluding carboxylic acids is 2. The second kappa shape index (κ2) is 7.70. The van der Waals surface area contributed by atoms with Crippen LogP contribution in [0.5, 0.6) is 0 Å². The van der Waals surface area contributed by atoms with Crippen molar-refractivity contribution in [1.82, 2.24) is 15.2 Å². The van der Waals surface area contributed by atoms with E-state index in [4.69, 9.17) is 4.42 Å². The third-order valence-corrected chi connectivity index (χ3v) is 4.56. The number of Topliss-reactive ketones (excluding diaryl/α,β-unsaturated/α-hetero) is 1. The highest BCUT2D eigenvalue weighted by molar-refractivity contribution is 6.02. The maximum atomic E-state index is 12.5. The minimum absolute atomic E-state index is 0.0154. The predicted octanol–water partition coefficient (Wildman–Crippen LogP) is 1.56. The van der Waals surface area contributed by atoms with Crippen molar-refractivity contribution < 1.29 is 14.0 Å². The summed E-state index contributed by atoms with van der Waals surface area (Å²) in [7, 11) is 3.91. The lowest BCUT2D eigenvalue weighted by atomic mass is 9.84. The molecule has 7 nitrogen and oxygen atoms in total. The molecule has 0 aliphatic heterocycles. The minimum atomic E-state index is -0.471. The fourth-order valence-corrected chi connectivity index (χ4v) is 3.22. The zero-order valence-corrected chi connectivity index (χ0v) is 15.0. The molecular weight excluding hydrogens is 334 g/mol. The summed E-state index contributed by atoms with van der Waals surface area (Å²) in [4.78, 5) is 41.8. The van der Waals surface area contributed by atoms with Gasteiger partial charge in [0.15, 0.2) is 5.78 Å². The van der Waals surface area contributed by atoms with E-state index < -0.39 is 11.5 Å². The molecule has 0 radical (unpaired) electrons. The molecule has 2 heterocycles. The van der Waals surface area contributed by atoms with Gasteiger partial charge < -0.3 is 19.6 Å². The van der Waals surface area contributed by atoms with Crippen LogP contribution < -0.4 is 10.9 Å². The summed E-state index contributed by atoms with van der Waals surface area (Å²) in [5.41, 5.74) is 0.503. The summed E-state index contributed by atoms with van der Waals surface area (Å²) < 4.78 is 5.39. The van der Waals surface area contributed by atoms with Crippen molar-refractivity contribution in [3.63, 3.8) is 0 Å². The van der Waals surface area contributed by atoms with Crippen molar-refractivity contribution >= 4 is 11.7 Å². The number of aromatic amines is 1. The van der Waals surface area contributed by atoms with Gasteiger partial charge in [-0.25, -0.2) is 0 Å². The van der Waals surface area contributed by atoms with Crippen molar-refractivity contribution in [2.75, 3.05) is 27.2 Å². The van der Waals surface area contributed by atoms with E-state index in [1.165, 1.54) is 6.07 Å². The lowest BCUT2D eigenvalue weighted by Gasteiger charge is -2.22. The van der Waals surface area contributed by atoms with Crippen LogP contribution in [-0.2, 0) is 6.42 Å². The van der Waals surface area contributed by atoms with Crippen molar-refractivity contribution in [2.24, 2.45) is 0 Å². The topological polar surface area (TPSA) is 95.4 Å². The molecule has 1 aliphatic rings. The maximum absolute atomic E-state index is 12.5. The van der Waals surface area contributed by atoms with Gasteiger partial charge in [-0.3, -0.25) is 14.4 Å². The fourth-order valence-electron chi connectivity index (χ4n) is 3.22. The highest BCUT2D eigenvalue weighted by Crippen LogP contribution is 2.31. The molecule has 0 saturated carbocycles. The van der Waals surface area contributed by atoms with Gasteiger partial charge >= 0.3 is 0 Å². The number of rotatable bonds is 6. The van der Waals surface area contributed by atoms with Crippen LogP contribution in [0.25, 0.3) is 0 Å². The number of nitrogens with zero attached hydrogens (tertiary/aromatic N) is 1. The number of ketones is 1. The molecule has 2 aromatic rings. The van der Waals surface area contributed by atoms with Crippen LogP contribution in [-0.4, -0.2) is 48.8 Å². The Morgan fingerprint density at radius 2 is 2.15 bits per heavy atom. The minimum Gasteiger partial charge on any atom is -0.469 e. The normalized spacial score (nSPS) is 16.6. The number of hydrogen-bond acceptors (Lipinski definition) is 5. The van der Waals surface area contributed by atoms with E-state index in [1.54, 1.807) is 12.3 Å². The highest BCUT2D eigenvalue weighted by Gasteiger charge is 2.30. The Hall–Kier alpha value is -2.67. The summed E-state index contributed by atoms with van der Waals surface area (Å²) in [6.45, 7) is 1.32. The monoisotopic (exact) mass is 357 g/mol. The van der Waals surface area contributed by atoms with Gasteiger partial charge in [0.25, 0.3) is 11.5 Å². The quantitative estimate of drug-likeness (QED) is 0.765. The largest absolute Gasteiger partial charge is 0.469 e. The van der Waals surface area contributed by atoms with E-state index in [2.05, 4.69) is 10.3 Å². The van der Waals surface area contributed by atoms with Crippen molar-refractivity contribution in [2.45, 2.75) is 25.2 Å². The van der Waals surface area contributed by atoms with Gasteiger partial charge in [-0.1, -0.05) is 0 Å². The van der Waals surface area contributed by atoms with Gasteiger partial charge in [0.05, 0.1) is 6.26 Å². The smallest absolute Gasteiger partial charge is 0.261 e. The molecule has 2 N–H and O–H groups in total. The SMILES string of the molecule is CN(C)CCCNC(=O)c1cc2c([nH]c1=O)CC(c1ccco1)CC2=O. The molecular formula is C19H23N3O4. The van der Waals surface area contributed by atoms with Crippen molar-refractivity contribution in [3.05, 3.63) is 57.4 Å². The molecule has 1 atom stereocenters. The fraction of sp³-hybridized carbons (Fsp3) is 0.421.